The number of nitrogens with one attached hydrogen (secondary N) is 1. The molecule has 0 saturated heterocycles. The minimum Gasteiger partial charge on any atom is -0.492 e. The molecule has 1 unspecified atom stereocenters. The van der Waals surface area contributed by atoms with Crippen LogP contribution in [-0.4, -0.2) is 36.5 Å². The van der Waals surface area contributed by atoms with E-state index in [1.807, 2.05) is 30.4 Å². The van der Waals surface area contributed by atoms with Crippen molar-refractivity contribution < 1.29 is 9.53 Å². The van der Waals surface area contributed by atoms with Crippen LogP contribution in [0.15, 0.2) is 42.6 Å². The van der Waals surface area contributed by atoms with E-state index >= 15 is 0 Å². The van der Waals surface area contributed by atoms with Crippen molar-refractivity contribution in [3.05, 3.63) is 53.2 Å². The summed E-state index contributed by atoms with van der Waals surface area (Å²) in [7, 11) is 0. The lowest BCUT2D eigenvalue weighted by Gasteiger charge is -2.30. The Morgan fingerprint density at radius 1 is 0.917 bits per heavy atom. The summed E-state index contributed by atoms with van der Waals surface area (Å²) in [6, 6.07) is 5.89. The second kappa shape index (κ2) is 19.2. The third kappa shape index (κ3) is 12.9. The Hall–Kier alpha value is -1.94. The average molecular weight is 517 g/mol. The fraction of sp³-hybridized carbons (Fsp3) is 0.645. The van der Waals surface area contributed by atoms with E-state index in [-0.39, 0.29) is 11.9 Å². The van der Waals surface area contributed by atoms with Gasteiger partial charge in [0.25, 0.3) is 0 Å². The van der Waals surface area contributed by atoms with Gasteiger partial charge in [-0.2, -0.15) is 0 Å². The van der Waals surface area contributed by atoms with Gasteiger partial charge in [0.05, 0.1) is 24.1 Å². The van der Waals surface area contributed by atoms with Crippen LogP contribution in [0.2, 0.25) is 5.02 Å². The fourth-order valence-electron chi connectivity index (χ4n) is 4.62. The summed E-state index contributed by atoms with van der Waals surface area (Å²) in [5, 5.41) is 3.64. The van der Waals surface area contributed by atoms with Crippen LogP contribution in [0, 0.1) is 0 Å². The van der Waals surface area contributed by atoms with E-state index in [9.17, 15) is 4.79 Å². The van der Waals surface area contributed by atoms with Crippen LogP contribution in [0.3, 0.4) is 0 Å². The van der Waals surface area contributed by atoms with Gasteiger partial charge in [-0.05, 0) is 42.8 Å². The molecule has 1 aliphatic heterocycles. The van der Waals surface area contributed by atoms with Crippen molar-refractivity contribution in [2.75, 3.05) is 19.7 Å². The van der Waals surface area contributed by atoms with E-state index in [4.69, 9.17) is 16.3 Å². The van der Waals surface area contributed by atoms with E-state index in [0.717, 1.165) is 24.9 Å². The van der Waals surface area contributed by atoms with Crippen LogP contribution in [-0.2, 0) is 11.2 Å². The number of halogens is 1. The molecule has 0 bridgehead atoms. The molecular formula is C31H49ClN2O2. The van der Waals surface area contributed by atoms with Gasteiger partial charge >= 0.3 is 0 Å². The lowest BCUT2D eigenvalue weighted by molar-refractivity contribution is -0.120. The maximum Gasteiger partial charge on any atom is 0.224 e. The van der Waals surface area contributed by atoms with Gasteiger partial charge in [-0.15, -0.1) is 0 Å². The highest BCUT2D eigenvalue weighted by molar-refractivity contribution is 6.32. The first kappa shape index (κ1) is 30.3. The monoisotopic (exact) mass is 516 g/mol. The quantitative estimate of drug-likeness (QED) is 0.177. The van der Waals surface area contributed by atoms with Gasteiger partial charge in [-0.25, -0.2) is 0 Å². The second-order valence-corrected chi connectivity index (χ2v) is 10.4. The van der Waals surface area contributed by atoms with Crippen LogP contribution < -0.4 is 10.1 Å². The molecule has 1 heterocycles. The highest BCUT2D eigenvalue weighted by Crippen LogP contribution is 2.26. The normalized spacial score (nSPS) is 14.9. The van der Waals surface area contributed by atoms with Crippen LogP contribution in [0.1, 0.15) is 103 Å². The summed E-state index contributed by atoms with van der Waals surface area (Å²) in [5.41, 5.74) is 0.903. The Bertz CT molecular complexity index is 793. The number of hydrogen-bond donors (Lipinski definition) is 1. The number of amides is 1. The molecule has 1 aliphatic rings. The van der Waals surface area contributed by atoms with Crippen molar-refractivity contribution in [3.8, 4) is 5.75 Å². The van der Waals surface area contributed by atoms with Crippen molar-refractivity contribution in [1.82, 2.24) is 10.2 Å². The number of unbranched alkanes of at least 4 members (excludes halogenated alkanes) is 11. The van der Waals surface area contributed by atoms with Gasteiger partial charge in [-0.3, -0.25) is 4.79 Å². The van der Waals surface area contributed by atoms with Crippen molar-refractivity contribution in [2.45, 2.75) is 110 Å². The summed E-state index contributed by atoms with van der Waals surface area (Å²) in [6.45, 7) is 6.71. The molecule has 0 spiro atoms. The molecule has 0 radical (unpaired) electrons. The number of hydrogen-bond acceptors (Lipinski definition) is 3. The zero-order valence-electron chi connectivity index (χ0n) is 22.8. The molecule has 1 aromatic rings. The van der Waals surface area contributed by atoms with Crippen LogP contribution in [0.4, 0.5) is 0 Å². The molecule has 0 fully saturated rings. The molecule has 1 N–H and O–H groups in total. The molecule has 0 aromatic heterocycles. The fourth-order valence-corrected chi connectivity index (χ4v) is 4.88. The Kier molecular flexibility index (Phi) is 16.2. The topological polar surface area (TPSA) is 41.6 Å². The van der Waals surface area contributed by atoms with Crippen molar-refractivity contribution in [1.29, 1.82) is 0 Å². The predicted octanol–water partition coefficient (Wildman–Crippen LogP) is 8.24. The lowest BCUT2D eigenvalue weighted by atomic mass is 10.1. The van der Waals surface area contributed by atoms with Gasteiger partial charge < -0.3 is 15.0 Å². The molecule has 0 saturated carbocycles. The molecule has 4 nitrogen and oxygen atoms in total. The molecule has 0 aliphatic carbocycles. The number of carbonyl (C=O) groups excluding carboxylic acids is 1. The number of ether oxygens (including phenoxy) is 1. The van der Waals surface area contributed by atoms with Crippen molar-refractivity contribution >= 4 is 17.5 Å². The number of carbonyl (C=O) groups is 1. The Labute approximate surface area is 225 Å². The first-order chi connectivity index (χ1) is 17.6. The van der Waals surface area contributed by atoms with Gasteiger partial charge in [0.2, 0.25) is 5.91 Å². The number of allylic oxidation sites excluding steroid dienone is 2. The first-order valence-corrected chi connectivity index (χ1v) is 14.8. The molecule has 5 heteroatoms. The van der Waals surface area contributed by atoms with E-state index in [1.165, 1.54) is 70.6 Å². The summed E-state index contributed by atoms with van der Waals surface area (Å²) < 4.78 is 5.90. The molecular weight excluding hydrogens is 468 g/mol. The summed E-state index contributed by atoms with van der Waals surface area (Å²) in [4.78, 5) is 14.7. The first-order valence-electron chi connectivity index (χ1n) is 14.4. The molecule has 202 valence electrons. The maximum absolute atomic E-state index is 12.5. The number of rotatable bonds is 20. The zero-order chi connectivity index (χ0) is 25.8. The molecule has 1 atom stereocenters. The van der Waals surface area contributed by atoms with Gasteiger partial charge in [0, 0.05) is 13.1 Å². The van der Waals surface area contributed by atoms with E-state index in [2.05, 4.69) is 36.3 Å². The summed E-state index contributed by atoms with van der Waals surface area (Å²) in [5.74, 6) is 0.717. The van der Waals surface area contributed by atoms with Gasteiger partial charge in [-0.1, -0.05) is 114 Å². The third-order valence-electron chi connectivity index (χ3n) is 6.75. The van der Waals surface area contributed by atoms with Crippen LogP contribution in [0.5, 0.6) is 5.75 Å². The highest BCUT2D eigenvalue weighted by atomic mass is 35.5. The van der Waals surface area contributed by atoms with Crippen LogP contribution in [0.25, 0.3) is 0 Å². The van der Waals surface area contributed by atoms with Crippen LogP contribution >= 0.6 is 11.6 Å². The largest absolute Gasteiger partial charge is 0.492 e. The molecule has 2 rings (SSSR count). The van der Waals surface area contributed by atoms with Gasteiger partial charge in [0.15, 0.2) is 0 Å². The van der Waals surface area contributed by atoms with E-state index < -0.39 is 0 Å². The third-order valence-corrected chi connectivity index (χ3v) is 7.05. The standard InChI is InChI=1S/C31H49ClN2O2/c1-3-5-6-7-8-9-10-11-12-13-14-17-23-36-30-20-19-27(24-29(30)32)25-31(35)33-26-28-18-15-16-22-34(28)21-4-2/h15-16,18-20,22,24,28H,3-14,17,21,23,25-26H2,1-2H3,(H,33,35). The van der Waals surface area contributed by atoms with Crippen molar-refractivity contribution in [2.24, 2.45) is 0 Å². The number of nitrogens with zero attached hydrogens (tertiary/aromatic N) is 1. The second-order valence-electron chi connectivity index (χ2n) is 10.0. The smallest absolute Gasteiger partial charge is 0.224 e. The van der Waals surface area contributed by atoms with Crippen molar-refractivity contribution in [3.63, 3.8) is 0 Å². The Morgan fingerprint density at radius 3 is 2.22 bits per heavy atom. The molecule has 1 amide bonds. The van der Waals surface area contributed by atoms with E-state index in [1.54, 1.807) is 0 Å². The minimum atomic E-state index is 0.00984. The number of benzene rings is 1. The maximum atomic E-state index is 12.5. The zero-order valence-corrected chi connectivity index (χ0v) is 23.5. The Balaban J connectivity index is 1.55. The molecule has 36 heavy (non-hydrogen) atoms. The SMILES string of the molecule is CCCCCCCCCCCCCCOc1ccc(CC(=O)NCC2C=CC=CN2CCC)cc1Cl. The van der Waals surface area contributed by atoms with Gasteiger partial charge in [0.1, 0.15) is 5.75 Å². The lowest BCUT2D eigenvalue weighted by Crippen LogP contribution is -2.41. The highest BCUT2D eigenvalue weighted by Gasteiger charge is 2.15. The Morgan fingerprint density at radius 2 is 1.58 bits per heavy atom. The average Bonchev–Trinajstić information content (AvgIpc) is 2.87. The van der Waals surface area contributed by atoms with E-state index in [0.29, 0.717) is 30.3 Å². The minimum absolute atomic E-state index is 0.00984. The molecule has 1 aromatic carbocycles. The summed E-state index contributed by atoms with van der Waals surface area (Å²) in [6.07, 6.45) is 25.7. The predicted molar refractivity (Wildman–Crippen MR) is 154 cm³/mol. The summed E-state index contributed by atoms with van der Waals surface area (Å²) >= 11 is 6.44.